The molecule has 0 saturated carbocycles. The fourth-order valence-corrected chi connectivity index (χ4v) is 2.08. The lowest BCUT2D eigenvalue weighted by molar-refractivity contribution is -0.138. The van der Waals surface area contributed by atoms with E-state index in [1.54, 1.807) is 0 Å². The van der Waals surface area contributed by atoms with Gasteiger partial charge in [0, 0.05) is 18.2 Å². The second kappa shape index (κ2) is 6.35. The molecular weight excluding hydrogens is 306 g/mol. The fraction of sp³-hybridized carbons (Fsp3) is 0.600. The SMILES string of the molecule is N/C(=N/Cl)c1ncn(C2OC(CCC(=O)O)C(O)C2O)n1. The first-order valence-corrected chi connectivity index (χ1v) is 6.37. The Kier molecular flexibility index (Phi) is 4.73. The lowest BCUT2D eigenvalue weighted by Crippen LogP contribution is -2.32. The van der Waals surface area contributed by atoms with Gasteiger partial charge in [0.15, 0.2) is 12.1 Å². The van der Waals surface area contributed by atoms with Crippen molar-refractivity contribution in [3.63, 3.8) is 0 Å². The highest BCUT2D eigenvalue weighted by atomic mass is 35.5. The zero-order valence-corrected chi connectivity index (χ0v) is 11.5. The van der Waals surface area contributed by atoms with Gasteiger partial charge in [0.2, 0.25) is 5.82 Å². The normalized spacial score (nSPS) is 29.8. The van der Waals surface area contributed by atoms with Crippen LogP contribution in [0.4, 0.5) is 0 Å². The summed E-state index contributed by atoms with van der Waals surface area (Å²) in [5.41, 5.74) is 5.44. The molecule has 1 aromatic rings. The summed E-state index contributed by atoms with van der Waals surface area (Å²) in [6.45, 7) is 0. The molecule has 2 heterocycles. The number of nitrogens with zero attached hydrogens (tertiary/aromatic N) is 4. The van der Waals surface area contributed by atoms with E-state index in [1.165, 1.54) is 11.0 Å². The summed E-state index contributed by atoms with van der Waals surface area (Å²) in [5.74, 6) is -1.08. The average Bonchev–Trinajstić information content (AvgIpc) is 3.03. The van der Waals surface area contributed by atoms with Gasteiger partial charge in [0.25, 0.3) is 0 Å². The molecule has 0 bridgehead atoms. The molecule has 0 aromatic carbocycles. The van der Waals surface area contributed by atoms with E-state index in [0.29, 0.717) is 0 Å². The molecule has 1 aliphatic rings. The van der Waals surface area contributed by atoms with E-state index in [4.69, 9.17) is 27.4 Å². The van der Waals surface area contributed by atoms with Crippen molar-refractivity contribution in [2.45, 2.75) is 37.4 Å². The van der Waals surface area contributed by atoms with Crippen LogP contribution in [-0.2, 0) is 9.53 Å². The topological polar surface area (TPSA) is 156 Å². The molecule has 1 fully saturated rings. The molecular formula is C10H14ClN5O5. The quantitative estimate of drug-likeness (QED) is 0.382. The van der Waals surface area contributed by atoms with Gasteiger partial charge in [-0.15, -0.1) is 5.10 Å². The van der Waals surface area contributed by atoms with Crippen LogP contribution < -0.4 is 5.73 Å². The Morgan fingerprint density at radius 3 is 2.86 bits per heavy atom. The van der Waals surface area contributed by atoms with Crippen molar-refractivity contribution in [2.24, 2.45) is 10.2 Å². The third-order valence-corrected chi connectivity index (χ3v) is 3.25. The molecule has 1 aliphatic heterocycles. The first-order chi connectivity index (χ1) is 9.93. The summed E-state index contributed by atoms with van der Waals surface area (Å²) in [6, 6.07) is 0. The van der Waals surface area contributed by atoms with E-state index in [2.05, 4.69) is 14.6 Å². The first kappa shape index (κ1) is 15.6. The van der Waals surface area contributed by atoms with E-state index in [0.717, 1.165) is 0 Å². The van der Waals surface area contributed by atoms with Gasteiger partial charge in [-0.05, 0) is 6.42 Å². The van der Waals surface area contributed by atoms with Crippen LogP contribution in [-0.4, -0.2) is 60.2 Å². The number of carboxylic acid groups (broad SMARTS) is 1. The van der Waals surface area contributed by atoms with Gasteiger partial charge in [0.05, 0.1) is 6.10 Å². The Hall–Kier alpha value is -1.75. The zero-order valence-electron chi connectivity index (χ0n) is 10.7. The molecule has 4 unspecified atom stereocenters. The third kappa shape index (κ3) is 3.29. The van der Waals surface area contributed by atoms with E-state index < -0.39 is 30.5 Å². The van der Waals surface area contributed by atoms with E-state index in [1.807, 2.05) is 0 Å². The maximum Gasteiger partial charge on any atom is 0.303 e. The number of rotatable bonds is 5. The molecule has 0 spiro atoms. The summed E-state index contributed by atoms with van der Waals surface area (Å²) in [7, 11) is 0. The number of hydrogen-bond acceptors (Lipinski definition) is 7. The van der Waals surface area contributed by atoms with Crippen LogP contribution in [0.2, 0.25) is 0 Å². The van der Waals surface area contributed by atoms with Gasteiger partial charge in [-0.25, -0.2) is 9.67 Å². The van der Waals surface area contributed by atoms with Crippen LogP contribution in [0.5, 0.6) is 0 Å². The molecule has 0 radical (unpaired) electrons. The van der Waals surface area contributed by atoms with E-state index >= 15 is 0 Å². The van der Waals surface area contributed by atoms with Gasteiger partial charge < -0.3 is 25.8 Å². The van der Waals surface area contributed by atoms with Crippen molar-refractivity contribution >= 4 is 23.6 Å². The minimum atomic E-state index is -1.27. The van der Waals surface area contributed by atoms with Crippen molar-refractivity contribution in [1.82, 2.24) is 14.8 Å². The van der Waals surface area contributed by atoms with Crippen molar-refractivity contribution in [3.8, 4) is 0 Å². The monoisotopic (exact) mass is 319 g/mol. The van der Waals surface area contributed by atoms with Crippen LogP contribution in [0.3, 0.4) is 0 Å². The number of carboxylic acids is 1. The van der Waals surface area contributed by atoms with E-state index in [9.17, 15) is 15.0 Å². The number of aromatic nitrogens is 3. The van der Waals surface area contributed by atoms with Crippen molar-refractivity contribution in [1.29, 1.82) is 0 Å². The van der Waals surface area contributed by atoms with Gasteiger partial charge in [0.1, 0.15) is 18.5 Å². The number of aliphatic hydroxyl groups excluding tert-OH is 2. The Balaban J connectivity index is 2.10. The number of carbonyl (C=O) groups is 1. The third-order valence-electron chi connectivity index (χ3n) is 3.07. The molecule has 4 atom stereocenters. The molecule has 21 heavy (non-hydrogen) atoms. The molecule has 11 heteroatoms. The van der Waals surface area contributed by atoms with Crippen molar-refractivity contribution in [3.05, 3.63) is 12.2 Å². The standard InChI is InChI=1S/C10H14ClN5O5/c11-14-8(12)9-13-3-16(15-9)10-7(20)6(19)4(21-10)1-2-5(17)18/h3-4,6-7,10,19-20H,1-2H2,(H2,12,14)(H,17,18). The Bertz CT molecular complexity index is 550. The maximum atomic E-state index is 10.5. The number of nitrogens with two attached hydrogens (primary N) is 1. The molecule has 5 N–H and O–H groups in total. The lowest BCUT2D eigenvalue weighted by Gasteiger charge is -2.13. The lowest BCUT2D eigenvalue weighted by atomic mass is 10.1. The minimum absolute atomic E-state index is 0.0456. The van der Waals surface area contributed by atoms with Gasteiger partial charge in [-0.1, -0.05) is 0 Å². The molecule has 0 amide bonds. The second-order valence-electron chi connectivity index (χ2n) is 4.50. The maximum absolute atomic E-state index is 10.5. The van der Waals surface area contributed by atoms with Crippen LogP contribution >= 0.6 is 11.8 Å². The second-order valence-corrected chi connectivity index (χ2v) is 4.67. The fourth-order valence-electron chi connectivity index (χ4n) is 2.00. The molecule has 0 aliphatic carbocycles. The summed E-state index contributed by atoms with van der Waals surface area (Å²) < 4.78 is 9.80. The number of halogens is 1. The molecule has 10 nitrogen and oxygen atoms in total. The summed E-state index contributed by atoms with van der Waals surface area (Å²) >= 11 is 5.20. The van der Waals surface area contributed by atoms with Gasteiger partial charge in [-0.3, -0.25) is 4.79 Å². The molecule has 1 saturated heterocycles. The molecule has 2 rings (SSSR count). The van der Waals surface area contributed by atoms with Crippen molar-refractivity contribution < 1.29 is 24.9 Å². The molecule has 1 aromatic heterocycles. The highest BCUT2D eigenvalue weighted by Crippen LogP contribution is 2.30. The molecule has 116 valence electrons. The number of amidine groups is 1. The van der Waals surface area contributed by atoms with Crippen LogP contribution in [0, 0.1) is 0 Å². The van der Waals surface area contributed by atoms with Crippen LogP contribution in [0.1, 0.15) is 24.9 Å². The Morgan fingerprint density at radius 2 is 2.24 bits per heavy atom. The van der Waals surface area contributed by atoms with Gasteiger partial charge >= 0.3 is 5.97 Å². The Morgan fingerprint density at radius 1 is 1.52 bits per heavy atom. The Labute approximate surface area is 123 Å². The number of aliphatic hydroxyl groups is 2. The summed E-state index contributed by atoms with van der Waals surface area (Å²) in [5, 5.41) is 32.4. The summed E-state index contributed by atoms with van der Waals surface area (Å²) in [6.07, 6.45) is -3.18. The highest BCUT2D eigenvalue weighted by Gasteiger charge is 2.44. The first-order valence-electron chi connectivity index (χ1n) is 6.03. The number of aliphatic carboxylic acids is 1. The predicted octanol–water partition coefficient (Wildman–Crippen LogP) is -1.38. The smallest absolute Gasteiger partial charge is 0.303 e. The van der Waals surface area contributed by atoms with Crippen LogP contribution in [0.15, 0.2) is 10.8 Å². The minimum Gasteiger partial charge on any atom is -0.481 e. The average molecular weight is 320 g/mol. The van der Waals surface area contributed by atoms with Crippen LogP contribution in [0.25, 0.3) is 0 Å². The highest BCUT2D eigenvalue weighted by molar-refractivity contribution is 6.21. The van der Waals surface area contributed by atoms with Gasteiger partial charge in [-0.2, -0.15) is 4.51 Å². The van der Waals surface area contributed by atoms with Crippen molar-refractivity contribution in [2.75, 3.05) is 0 Å². The van der Waals surface area contributed by atoms with E-state index in [-0.39, 0.29) is 24.5 Å². The number of hydrogen-bond donors (Lipinski definition) is 4. The summed E-state index contributed by atoms with van der Waals surface area (Å²) in [4.78, 5) is 14.4. The number of ether oxygens (including phenoxy) is 1. The predicted molar refractivity (Wildman–Crippen MR) is 69.4 cm³/mol. The largest absolute Gasteiger partial charge is 0.481 e. The zero-order chi connectivity index (χ0) is 15.6.